The summed E-state index contributed by atoms with van der Waals surface area (Å²) in [5.74, 6) is -4.33. The fourth-order valence-electron chi connectivity index (χ4n) is 3.40. The maximum absolute atomic E-state index is 13.2. The van der Waals surface area contributed by atoms with Crippen molar-refractivity contribution in [2.24, 2.45) is 11.1 Å². The Labute approximate surface area is 215 Å². The second-order valence-electron chi connectivity index (χ2n) is 8.96. The van der Waals surface area contributed by atoms with Crippen molar-refractivity contribution in [2.45, 2.75) is 45.0 Å². The van der Waals surface area contributed by atoms with E-state index in [1.165, 1.54) is 30.2 Å². The minimum Gasteiger partial charge on any atom is -0.478 e. The van der Waals surface area contributed by atoms with E-state index in [1.807, 2.05) is 19.0 Å². The Hall–Kier alpha value is -3.48. The summed E-state index contributed by atoms with van der Waals surface area (Å²) >= 11 is 0.992. The van der Waals surface area contributed by atoms with E-state index in [0.29, 0.717) is 12.2 Å². The number of nitrogens with two attached hydrogens (primary N) is 1. The first-order chi connectivity index (χ1) is 17.1. The van der Waals surface area contributed by atoms with E-state index in [2.05, 4.69) is 20.3 Å². The van der Waals surface area contributed by atoms with Gasteiger partial charge in [-0.05, 0) is 27.9 Å². The predicted molar refractivity (Wildman–Crippen MR) is 129 cm³/mol. The summed E-state index contributed by atoms with van der Waals surface area (Å²) < 4.78 is 33.5. The number of rotatable bonds is 12. The molecule has 2 atom stereocenters. The van der Waals surface area contributed by atoms with Gasteiger partial charge in [-0.3, -0.25) is 14.1 Å². The summed E-state index contributed by atoms with van der Waals surface area (Å²) in [5, 5.41) is 22.7. The highest BCUT2D eigenvalue weighted by Crippen LogP contribution is 2.33. The number of aromatic nitrogens is 4. The molecule has 2 aromatic heterocycles. The van der Waals surface area contributed by atoms with E-state index >= 15 is 0 Å². The van der Waals surface area contributed by atoms with Gasteiger partial charge in [-0.25, -0.2) is 14.1 Å². The minimum absolute atomic E-state index is 0.00860. The molecule has 1 aliphatic heterocycles. The lowest BCUT2D eigenvalue weighted by atomic mass is 9.84. The number of anilines is 1. The summed E-state index contributed by atoms with van der Waals surface area (Å²) in [5.41, 5.74) is 4.02. The molecule has 1 fully saturated rings. The van der Waals surface area contributed by atoms with Crippen LogP contribution in [0.4, 0.5) is 5.13 Å². The summed E-state index contributed by atoms with van der Waals surface area (Å²) in [4.78, 5) is 49.3. The van der Waals surface area contributed by atoms with Crippen LogP contribution in [0.2, 0.25) is 0 Å². The number of nitrogen functional groups attached to an aromatic ring is 1. The van der Waals surface area contributed by atoms with Crippen molar-refractivity contribution in [3.63, 3.8) is 0 Å². The smallest absolute Gasteiger partial charge is 0.362 e. The van der Waals surface area contributed by atoms with Gasteiger partial charge in [0.1, 0.15) is 5.69 Å². The Bertz CT molecular complexity index is 1330. The van der Waals surface area contributed by atoms with Gasteiger partial charge in [-0.15, -0.1) is 11.3 Å². The van der Waals surface area contributed by atoms with Gasteiger partial charge in [0.25, 0.3) is 0 Å². The van der Waals surface area contributed by atoms with Crippen LogP contribution in [0.5, 0.6) is 0 Å². The first kappa shape index (κ1) is 28.1. The van der Waals surface area contributed by atoms with Crippen LogP contribution in [-0.2, 0) is 42.6 Å². The summed E-state index contributed by atoms with van der Waals surface area (Å²) in [6.45, 7) is 2.66. The summed E-state index contributed by atoms with van der Waals surface area (Å²) in [6, 6.07) is -1.18. The van der Waals surface area contributed by atoms with E-state index in [1.54, 1.807) is 0 Å². The molecule has 202 valence electrons. The molecular formula is C19H26N8O8S2. The predicted octanol–water partition coefficient (Wildman–Crippen LogP) is -0.748. The molecule has 0 unspecified atom stereocenters. The van der Waals surface area contributed by atoms with E-state index in [9.17, 15) is 32.5 Å². The van der Waals surface area contributed by atoms with Crippen molar-refractivity contribution in [1.29, 1.82) is 0 Å². The number of oxime groups is 1. The van der Waals surface area contributed by atoms with Gasteiger partial charge in [0.15, 0.2) is 16.6 Å². The van der Waals surface area contributed by atoms with Crippen LogP contribution >= 0.6 is 11.3 Å². The molecule has 0 aliphatic carbocycles. The van der Waals surface area contributed by atoms with Crippen LogP contribution in [0.25, 0.3) is 0 Å². The largest absolute Gasteiger partial charge is 0.478 e. The number of thiazole rings is 1. The van der Waals surface area contributed by atoms with Crippen LogP contribution < -0.4 is 5.73 Å². The number of β-lactam (4-membered cyclic amide) rings is 1. The highest BCUT2D eigenvalue weighted by atomic mass is 32.2. The Morgan fingerprint density at radius 2 is 2.03 bits per heavy atom. The Morgan fingerprint density at radius 3 is 2.57 bits per heavy atom. The van der Waals surface area contributed by atoms with Gasteiger partial charge in [-0.1, -0.05) is 5.16 Å². The molecule has 1 saturated heterocycles. The molecular weight excluding hydrogens is 532 g/mol. The quantitative estimate of drug-likeness (QED) is 0.126. The van der Waals surface area contributed by atoms with Crippen molar-refractivity contribution < 1.29 is 37.3 Å². The molecule has 3 heterocycles. The van der Waals surface area contributed by atoms with Crippen molar-refractivity contribution in [2.75, 3.05) is 19.8 Å². The Balaban J connectivity index is 1.87. The first-order valence-corrected chi connectivity index (χ1v) is 13.0. The number of carboxylic acids is 1. The normalized spacial score (nSPS) is 18.7. The number of carboxylic acid groups (broad SMARTS) is 1. The standard InChI is InChI=1S/C19H26N8O8S2/c1-19(2,17(30)31)35-24-15(12-9-36-18(20)22-12)14(28)5-11-13(27(16(11)29)37(32,33)34)8-26-21-6-10(23-26)7-25(3)4/h6,9,11,13H,5,7-8H2,1-4H3,(H2,20,22)(H,30,31)(H,32,33,34)/b24-15-/t11-,13+/m0/s1. The lowest BCUT2D eigenvalue weighted by molar-refractivity contribution is -0.161. The second kappa shape index (κ2) is 10.5. The zero-order chi connectivity index (χ0) is 27.7. The first-order valence-electron chi connectivity index (χ1n) is 10.7. The number of nitrogens with zero attached hydrogens (tertiary/aromatic N) is 7. The maximum atomic E-state index is 13.2. The molecule has 0 spiro atoms. The molecule has 0 bridgehead atoms. The number of carbonyl (C=O) groups excluding carboxylic acids is 2. The van der Waals surface area contributed by atoms with Crippen LogP contribution in [-0.4, -0.2) is 96.4 Å². The third kappa shape index (κ3) is 6.45. The van der Waals surface area contributed by atoms with Gasteiger partial charge in [0.05, 0.1) is 30.4 Å². The molecule has 4 N–H and O–H groups in total. The number of Topliss-reactive ketones (excluding diaryl/α,β-unsaturated/α-hetero) is 1. The molecule has 16 nitrogen and oxygen atoms in total. The van der Waals surface area contributed by atoms with Gasteiger partial charge < -0.3 is 20.6 Å². The zero-order valence-corrected chi connectivity index (χ0v) is 21.9. The fourth-order valence-corrected chi connectivity index (χ4v) is 4.87. The summed E-state index contributed by atoms with van der Waals surface area (Å²) in [7, 11) is -1.28. The molecule has 37 heavy (non-hydrogen) atoms. The van der Waals surface area contributed by atoms with E-state index in [0.717, 1.165) is 11.3 Å². The van der Waals surface area contributed by atoms with Crippen LogP contribution in [0.3, 0.4) is 0 Å². The van der Waals surface area contributed by atoms with Crippen molar-refractivity contribution in [1.82, 2.24) is 29.2 Å². The summed E-state index contributed by atoms with van der Waals surface area (Å²) in [6.07, 6.45) is 0.922. The van der Waals surface area contributed by atoms with Crippen LogP contribution in [0, 0.1) is 5.92 Å². The van der Waals surface area contributed by atoms with Gasteiger partial charge in [-0.2, -0.15) is 23.4 Å². The zero-order valence-electron chi connectivity index (χ0n) is 20.3. The number of hydrogen-bond acceptors (Lipinski definition) is 13. The van der Waals surface area contributed by atoms with Crippen molar-refractivity contribution >= 4 is 50.1 Å². The lowest BCUT2D eigenvalue weighted by Crippen LogP contribution is -2.64. The number of hydrogen-bond donors (Lipinski definition) is 3. The molecule has 3 rings (SSSR count). The molecule has 18 heteroatoms. The third-order valence-corrected chi connectivity index (χ3v) is 6.90. The number of amides is 1. The second-order valence-corrected chi connectivity index (χ2v) is 11.1. The Kier molecular flexibility index (Phi) is 7.96. The number of ketones is 1. The molecule has 0 saturated carbocycles. The van der Waals surface area contributed by atoms with Crippen LogP contribution in [0.15, 0.2) is 16.7 Å². The van der Waals surface area contributed by atoms with Crippen LogP contribution in [0.1, 0.15) is 31.7 Å². The van der Waals surface area contributed by atoms with Gasteiger partial charge >= 0.3 is 16.3 Å². The van der Waals surface area contributed by atoms with Crippen molar-refractivity contribution in [3.8, 4) is 0 Å². The van der Waals surface area contributed by atoms with E-state index in [-0.39, 0.29) is 21.7 Å². The SMILES string of the molecule is CN(C)Cc1cnn(C[C@@H]2[C@H](CC(=O)/C(=N\OC(C)(C)C(=O)O)c3csc(N)n3)C(=O)N2S(=O)(=O)O)n1. The number of aliphatic carboxylic acids is 1. The fraction of sp³-hybridized carbons (Fsp3) is 0.526. The molecule has 0 aromatic carbocycles. The molecule has 1 amide bonds. The van der Waals surface area contributed by atoms with E-state index < -0.39 is 57.7 Å². The average Bonchev–Trinajstić information content (AvgIpc) is 3.39. The molecule has 0 radical (unpaired) electrons. The maximum Gasteiger partial charge on any atom is 0.362 e. The third-order valence-electron chi connectivity index (χ3n) is 5.28. The van der Waals surface area contributed by atoms with Gasteiger partial charge in [0, 0.05) is 18.3 Å². The highest BCUT2D eigenvalue weighted by molar-refractivity contribution is 7.84. The highest BCUT2D eigenvalue weighted by Gasteiger charge is 2.54. The molecule has 2 aromatic rings. The van der Waals surface area contributed by atoms with Crippen molar-refractivity contribution in [3.05, 3.63) is 23.0 Å². The minimum atomic E-state index is -4.93. The van der Waals surface area contributed by atoms with E-state index in [4.69, 9.17) is 10.6 Å². The Morgan fingerprint density at radius 1 is 1.35 bits per heavy atom. The lowest BCUT2D eigenvalue weighted by Gasteiger charge is -2.43. The molecule has 1 aliphatic rings. The number of carbonyl (C=O) groups is 3. The monoisotopic (exact) mass is 558 g/mol. The topological polar surface area (TPSA) is 224 Å². The van der Waals surface area contributed by atoms with Gasteiger partial charge in [0.2, 0.25) is 11.5 Å². The average molecular weight is 559 g/mol.